The number of nitrogens with zero attached hydrogens (tertiary/aromatic N) is 3. The van der Waals surface area contributed by atoms with Gasteiger partial charge in [0, 0.05) is 16.6 Å². The second-order valence-electron chi connectivity index (χ2n) is 8.14. The van der Waals surface area contributed by atoms with Crippen LogP contribution in [0.2, 0.25) is 0 Å². The summed E-state index contributed by atoms with van der Waals surface area (Å²) in [4.78, 5) is 33.6. The molecular formula is C27H22BrN3O2. The molecule has 0 unspecified atom stereocenters. The van der Waals surface area contributed by atoms with Gasteiger partial charge in [0.15, 0.2) is 0 Å². The molecule has 0 fully saturated rings. The van der Waals surface area contributed by atoms with Crippen LogP contribution in [-0.4, -0.2) is 22.0 Å². The second kappa shape index (κ2) is 8.45. The number of hydrogen-bond donors (Lipinski definition) is 0. The average Bonchev–Trinajstić information content (AvgIpc) is 3.05. The maximum Gasteiger partial charge on any atom is 0.266 e. The fraction of sp³-hybridized carbons (Fsp3) is 0.148. The number of carbonyl (C=O) groups is 1. The van der Waals surface area contributed by atoms with Crippen molar-refractivity contribution >= 4 is 50.1 Å². The van der Waals surface area contributed by atoms with Gasteiger partial charge in [-0.1, -0.05) is 47.1 Å². The maximum absolute atomic E-state index is 13.6. The quantitative estimate of drug-likeness (QED) is 0.335. The van der Waals surface area contributed by atoms with E-state index in [2.05, 4.69) is 15.9 Å². The minimum Gasteiger partial charge on any atom is -0.308 e. The van der Waals surface area contributed by atoms with E-state index in [1.165, 1.54) is 0 Å². The molecule has 0 bridgehead atoms. The van der Waals surface area contributed by atoms with Gasteiger partial charge in [0.05, 0.1) is 27.9 Å². The van der Waals surface area contributed by atoms with Gasteiger partial charge in [-0.3, -0.25) is 14.2 Å². The fourth-order valence-corrected chi connectivity index (χ4v) is 4.67. The van der Waals surface area contributed by atoms with E-state index < -0.39 is 0 Å². The molecule has 2 heterocycles. The molecule has 5 rings (SSSR count). The summed E-state index contributed by atoms with van der Waals surface area (Å²) in [6.45, 7) is 4.66. The summed E-state index contributed by atoms with van der Waals surface area (Å²) in [7, 11) is 0. The number of fused-ring (bicyclic) bond motifs is 2. The molecule has 4 aromatic rings. The number of hydrogen-bond acceptors (Lipinski definition) is 3. The summed E-state index contributed by atoms with van der Waals surface area (Å²) < 4.78 is 2.48. The minimum atomic E-state index is -0.164. The maximum atomic E-state index is 13.6. The minimum absolute atomic E-state index is 0.0804. The van der Waals surface area contributed by atoms with E-state index in [9.17, 15) is 9.59 Å². The number of para-hydroxylation sites is 1. The van der Waals surface area contributed by atoms with E-state index in [0.717, 1.165) is 33.4 Å². The highest BCUT2D eigenvalue weighted by Crippen LogP contribution is 2.39. The van der Waals surface area contributed by atoms with Crippen LogP contribution in [0.15, 0.2) is 76.0 Å². The summed E-state index contributed by atoms with van der Waals surface area (Å²) in [5.74, 6) is 0.347. The molecule has 0 spiro atoms. The van der Waals surface area contributed by atoms with Crippen molar-refractivity contribution in [3.05, 3.63) is 98.5 Å². The van der Waals surface area contributed by atoms with Crippen LogP contribution in [0, 0.1) is 6.92 Å². The van der Waals surface area contributed by atoms with E-state index in [1.54, 1.807) is 21.6 Å². The van der Waals surface area contributed by atoms with Gasteiger partial charge < -0.3 is 4.90 Å². The number of rotatable bonds is 4. The molecule has 5 nitrogen and oxygen atoms in total. The molecule has 3 aromatic carbocycles. The molecular weight excluding hydrogens is 478 g/mol. The molecule has 1 aromatic heterocycles. The van der Waals surface area contributed by atoms with Crippen molar-refractivity contribution in [3.63, 3.8) is 0 Å². The third kappa shape index (κ3) is 3.70. The molecule has 0 saturated heterocycles. The lowest BCUT2D eigenvalue weighted by Gasteiger charge is -2.15. The standard InChI is InChI=1S/C27H22BrN3O2/c1-3-13-30-24-12-11-18(28)15-21(24)22(26(30)32)16-25-29-23-10-5-4-9-20(23)27(33)31(25)19-8-6-7-17(2)14-19/h4-12,14-16H,3,13H2,1-2H3. The normalized spacial score (nSPS) is 14.3. The van der Waals surface area contributed by atoms with Crippen LogP contribution in [0.5, 0.6) is 0 Å². The van der Waals surface area contributed by atoms with Crippen LogP contribution in [0.1, 0.15) is 30.3 Å². The van der Waals surface area contributed by atoms with Gasteiger partial charge in [-0.25, -0.2) is 4.98 Å². The van der Waals surface area contributed by atoms with E-state index in [0.29, 0.717) is 28.8 Å². The third-order valence-corrected chi connectivity index (χ3v) is 6.29. The Morgan fingerprint density at radius 3 is 2.61 bits per heavy atom. The Balaban J connectivity index is 1.81. The summed E-state index contributed by atoms with van der Waals surface area (Å²) in [6, 6.07) is 20.9. The molecule has 33 heavy (non-hydrogen) atoms. The number of halogens is 1. The Kier molecular flexibility index (Phi) is 5.46. The van der Waals surface area contributed by atoms with Crippen molar-refractivity contribution in [2.75, 3.05) is 11.4 Å². The molecule has 0 N–H and O–H groups in total. The van der Waals surface area contributed by atoms with Gasteiger partial charge in [0.25, 0.3) is 11.5 Å². The number of amides is 1. The molecule has 0 aliphatic carbocycles. The Hall–Kier alpha value is -3.51. The van der Waals surface area contributed by atoms with Gasteiger partial charge in [-0.05, 0) is 67.4 Å². The van der Waals surface area contributed by atoms with Crippen LogP contribution in [0.4, 0.5) is 5.69 Å². The van der Waals surface area contributed by atoms with E-state index >= 15 is 0 Å². The Labute approximate surface area is 200 Å². The van der Waals surface area contributed by atoms with Gasteiger partial charge in [-0.2, -0.15) is 0 Å². The number of aryl methyl sites for hydroxylation is 1. The van der Waals surface area contributed by atoms with Crippen molar-refractivity contribution in [1.29, 1.82) is 0 Å². The second-order valence-corrected chi connectivity index (χ2v) is 9.06. The van der Waals surface area contributed by atoms with Gasteiger partial charge >= 0.3 is 0 Å². The van der Waals surface area contributed by atoms with Crippen LogP contribution < -0.4 is 10.5 Å². The predicted molar refractivity (Wildman–Crippen MR) is 137 cm³/mol. The largest absolute Gasteiger partial charge is 0.308 e. The molecule has 164 valence electrons. The van der Waals surface area contributed by atoms with Gasteiger partial charge in [-0.15, -0.1) is 0 Å². The van der Waals surface area contributed by atoms with E-state index in [1.807, 2.05) is 74.5 Å². The molecule has 1 aliphatic heterocycles. The van der Waals surface area contributed by atoms with Crippen molar-refractivity contribution in [1.82, 2.24) is 9.55 Å². The smallest absolute Gasteiger partial charge is 0.266 e. The van der Waals surface area contributed by atoms with Crippen molar-refractivity contribution in [2.45, 2.75) is 20.3 Å². The van der Waals surface area contributed by atoms with Crippen molar-refractivity contribution < 1.29 is 4.79 Å². The highest BCUT2D eigenvalue weighted by Gasteiger charge is 2.32. The first kappa shape index (κ1) is 21.3. The van der Waals surface area contributed by atoms with E-state index in [-0.39, 0.29) is 11.5 Å². The third-order valence-electron chi connectivity index (χ3n) is 5.80. The van der Waals surface area contributed by atoms with Gasteiger partial charge in [0.1, 0.15) is 5.82 Å². The van der Waals surface area contributed by atoms with Crippen molar-refractivity contribution in [2.24, 2.45) is 0 Å². The first-order chi connectivity index (χ1) is 16.0. The van der Waals surface area contributed by atoms with Crippen LogP contribution in [0.3, 0.4) is 0 Å². The van der Waals surface area contributed by atoms with Crippen LogP contribution in [0.25, 0.3) is 28.2 Å². The average molecular weight is 500 g/mol. The zero-order valence-corrected chi connectivity index (χ0v) is 20.0. The summed E-state index contributed by atoms with van der Waals surface area (Å²) in [5.41, 5.74) is 4.43. The lowest BCUT2D eigenvalue weighted by Crippen LogP contribution is -2.27. The lowest BCUT2D eigenvalue weighted by atomic mass is 10.1. The Bertz CT molecular complexity index is 1500. The van der Waals surface area contributed by atoms with Gasteiger partial charge in [0.2, 0.25) is 0 Å². The molecule has 1 amide bonds. The number of aromatic nitrogens is 2. The Morgan fingerprint density at radius 2 is 1.82 bits per heavy atom. The van der Waals surface area contributed by atoms with E-state index in [4.69, 9.17) is 4.98 Å². The number of carbonyl (C=O) groups excluding carboxylic acids is 1. The number of benzene rings is 3. The molecule has 0 atom stereocenters. The topological polar surface area (TPSA) is 55.2 Å². The highest BCUT2D eigenvalue weighted by molar-refractivity contribution is 9.10. The zero-order valence-electron chi connectivity index (χ0n) is 18.4. The first-order valence-electron chi connectivity index (χ1n) is 10.9. The molecule has 0 saturated carbocycles. The number of anilines is 1. The predicted octanol–water partition coefficient (Wildman–Crippen LogP) is 5.75. The van der Waals surface area contributed by atoms with Crippen LogP contribution in [-0.2, 0) is 4.79 Å². The zero-order chi connectivity index (χ0) is 23.1. The van der Waals surface area contributed by atoms with Crippen LogP contribution >= 0.6 is 15.9 Å². The first-order valence-corrected chi connectivity index (χ1v) is 11.7. The molecule has 6 heteroatoms. The summed E-state index contributed by atoms with van der Waals surface area (Å²) >= 11 is 3.53. The summed E-state index contributed by atoms with van der Waals surface area (Å²) in [5, 5.41) is 0.537. The molecule has 1 aliphatic rings. The fourth-order valence-electron chi connectivity index (χ4n) is 4.31. The summed E-state index contributed by atoms with van der Waals surface area (Å²) in [6.07, 6.45) is 2.59. The monoisotopic (exact) mass is 499 g/mol. The molecule has 0 radical (unpaired) electrons. The SMILES string of the molecule is CCCN1C(=O)C(=Cc2nc3ccccc3c(=O)n2-c2cccc(C)c2)c2cc(Br)ccc21. The Morgan fingerprint density at radius 1 is 1.00 bits per heavy atom. The highest BCUT2D eigenvalue weighted by atomic mass is 79.9. The lowest BCUT2D eigenvalue weighted by molar-refractivity contribution is -0.113. The van der Waals surface area contributed by atoms with Crippen molar-refractivity contribution in [3.8, 4) is 5.69 Å².